The van der Waals surface area contributed by atoms with Crippen molar-refractivity contribution < 1.29 is 13.7 Å². The molecular weight excluding hydrogens is 280 g/mol. The molecule has 0 heterocycles. The Balaban J connectivity index is 2.03. The molecule has 0 fully saturated rings. The molecule has 0 unspecified atom stereocenters. The lowest BCUT2D eigenvalue weighted by atomic mass is 10.1. The lowest BCUT2D eigenvalue weighted by Gasteiger charge is -2.09. The summed E-state index contributed by atoms with van der Waals surface area (Å²) in [6, 6.07) is 8.49. The molecule has 0 bridgehead atoms. The zero-order chi connectivity index (χ0) is 15.4. The van der Waals surface area contributed by atoms with Gasteiger partial charge < -0.3 is 11.1 Å². The van der Waals surface area contributed by atoms with Crippen LogP contribution in [0.2, 0.25) is 0 Å². The molecule has 0 aliphatic rings. The van der Waals surface area contributed by atoms with Gasteiger partial charge in [0, 0.05) is 12.2 Å². The maximum absolute atomic E-state index is 13.6. The molecular formula is C14H13F2N3O2. The van der Waals surface area contributed by atoms with Crippen LogP contribution in [-0.2, 0) is 6.42 Å². The van der Waals surface area contributed by atoms with Gasteiger partial charge in [0.1, 0.15) is 5.69 Å². The van der Waals surface area contributed by atoms with E-state index in [-0.39, 0.29) is 12.2 Å². The van der Waals surface area contributed by atoms with E-state index in [9.17, 15) is 18.9 Å². The average molecular weight is 293 g/mol. The van der Waals surface area contributed by atoms with Crippen LogP contribution in [0.4, 0.5) is 25.8 Å². The molecule has 7 heteroatoms. The molecule has 0 atom stereocenters. The molecule has 0 aromatic heterocycles. The number of non-ortho nitro benzene ring substituents is 1. The summed E-state index contributed by atoms with van der Waals surface area (Å²) in [5.74, 6) is -1.97. The Bertz CT molecular complexity index is 637. The minimum atomic E-state index is -0.987. The summed E-state index contributed by atoms with van der Waals surface area (Å²) < 4.78 is 27.3. The second kappa shape index (κ2) is 6.17. The van der Waals surface area contributed by atoms with Crippen molar-refractivity contribution in [1.82, 2.24) is 0 Å². The van der Waals surface area contributed by atoms with Crippen molar-refractivity contribution >= 4 is 17.1 Å². The van der Waals surface area contributed by atoms with Crippen molar-refractivity contribution in [1.29, 1.82) is 0 Å². The van der Waals surface area contributed by atoms with E-state index < -0.39 is 22.2 Å². The van der Waals surface area contributed by atoms with E-state index in [1.807, 2.05) is 12.1 Å². The van der Waals surface area contributed by atoms with Gasteiger partial charge in [-0.1, -0.05) is 12.1 Å². The van der Waals surface area contributed by atoms with Crippen LogP contribution in [-0.4, -0.2) is 11.5 Å². The first kappa shape index (κ1) is 14.7. The third-order valence-corrected chi connectivity index (χ3v) is 2.93. The maximum Gasteiger partial charge on any atom is 0.275 e. The fraction of sp³-hybridized carbons (Fsp3) is 0.143. The lowest BCUT2D eigenvalue weighted by Crippen LogP contribution is -2.08. The molecule has 3 N–H and O–H groups in total. The summed E-state index contributed by atoms with van der Waals surface area (Å²) in [5, 5.41) is 13.1. The number of rotatable bonds is 5. The zero-order valence-electron chi connectivity index (χ0n) is 11.0. The minimum Gasteiger partial charge on any atom is -0.399 e. The van der Waals surface area contributed by atoms with Crippen LogP contribution in [0.15, 0.2) is 36.4 Å². The zero-order valence-corrected chi connectivity index (χ0v) is 11.0. The molecule has 2 rings (SSSR count). The predicted octanol–water partition coefficient (Wildman–Crippen LogP) is 3.11. The molecule has 110 valence electrons. The van der Waals surface area contributed by atoms with E-state index in [1.165, 1.54) is 0 Å². The molecule has 0 radical (unpaired) electrons. The highest BCUT2D eigenvalue weighted by molar-refractivity contribution is 5.51. The molecule has 0 saturated carbocycles. The largest absolute Gasteiger partial charge is 0.399 e. The fourth-order valence-electron chi connectivity index (χ4n) is 1.85. The predicted molar refractivity (Wildman–Crippen MR) is 76.1 cm³/mol. The van der Waals surface area contributed by atoms with Gasteiger partial charge in [0.05, 0.1) is 17.1 Å². The van der Waals surface area contributed by atoms with Crippen molar-refractivity contribution in [3.63, 3.8) is 0 Å². The quantitative estimate of drug-likeness (QED) is 0.504. The highest BCUT2D eigenvalue weighted by Gasteiger charge is 2.16. The normalized spacial score (nSPS) is 10.4. The first-order valence-corrected chi connectivity index (χ1v) is 6.19. The number of nitrogens with zero attached hydrogens (tertiary/aromatic N) is 1. The van der Waals surface area contributed by atoms with Gasteiger partial charge in [-0.05, 0) is 24.1 Å². The summed E-state index contributed by atoms with van der Waals surface area (Å²) in [5.41, 5.74) is 6.17. The first-order valence-electron chi connectivity index (χ1n) is 6.19. The van der Waals surface area contributed by atoms with Crippen molar-refractivity contribution in [3.8, 4) is 0 Å². The van der Waals surface area contributed by atoms with E-state index in [1.54, 1.807) is 12.1 Å². The molecule has 21 heavy (non-hydrogen) atoms. The smallest absolute Gasteiger partial charge is 0.275 e. The van der Waals surface area contributed by atoms with Gasteiger partial charge >= 0.3 is 0 Å². The summed E-state index contributed by atoms with van der Waals surface area (Å²) in [6.45, 7) is 0.287. The SMILES string of the molecule is Nc1ccc(CCNc2c(F)cc([N+](=O)[O-])cc2F)cc1. The number of hydrogen-bond donors (Lipinski definition) is 2. The number of halogens is 2. The Morgan fingerprint density at radius 1 is 1.14 bits per heavy atom. The number of benzene rings is 2. The topological polar surface area (TPSA) is 81.2 Å². The number of hydrogen-bond acceptors (Lipinski definition) is 4. The molecule has 0 spiro atoms. The van der Waals surface area contributed by atoms with Crippen molar-refractivity contribution in [3.05, 3.63) is 63.7 Å². The Kier molecular flexibility index (Phi) is 4.32. The molecule has 5 nitrogen and oxygen atoms in total. The minimum absolute atomic E-state index is 0.287. The number of nitro benzene ring substituents is 1. The molecule has 0 saturated heterocycles. The van der Waals surface area contributed by atoms with Crippen LogP contribution in [0.5, 0.6) is 0 Å². The molecule has 2 aromatic rings. The Morgan fingerprint density at radius 2 is 1.71 bits per heavy atom. The Hall–Kier alpha value is -2.70. The average Bonchev–Trinajstić information content (AvgIpc) is 2.43. The summed E-state index contributed by atoms with van der Waals surface area (Å²) >= 11 is 0. The monoisotopic (exact) mass is 293 g/mol. The van der Waals surface area contributed by atoms with Crippen LogP contribution in [0.3, 0.4) is 0 Å². The number of nitrogens with one attached hydrogen (secondary N) is 1. The fourth-order valence-corrected chi connectivity index (χ4v) is 1.85. The van der Waals surface area contributed by atoms with Crippen molar-refractivity contribution in [2.24, 2.45) is 0 Å². The van der Waals surface area contributed by atoms with Gasteiger partial charge in [-0.25, -0.2) is 8.78 Å². The van der Waals surface area contributed by atoms with Gasteiger partial charge in [-0.15, -0.1) is 0 Å². The van der Waals surface area contributed by atoms with E-state index in [0.29, 0.717) is 24.2 Å². The van der Waals surface area contributed by atoms with Crippen LogP contribution < -0.4 is 11.1 Å². The van der Waals surface area contributed by atoms with Crippen LogP contribution in [0.1, 0.15) is 5.56 Å². The maximum atomic E-state index is 13.6. The van der Waals surface area contributed by atoms with Gasteiger partial charge in [0.25, 0.3) is 5.69 Å². The van der Waals surface area contributed by atoms with Crippen molar-refractivity contribution in [2.45, 2.75) is 6.42 Å². The lowest BCUT2D eigenvalue weighted by molar-refractivity contribution is -0.385. The van der Waals surface area contributed by atoms with Gasteiger partial charge in [0.2, 0.25) is 0 Å². The van der Waals surface area contributed by atoms with E-state index in [4.69, 9.17) is 5.73 Å². The summed E-state index contributed by atoms with van der Waals surface area (Å²) in [6.07, 6.45) is 0.538. The van der Waals surface area contributed by atoms with E-state index in [2.05, 4.69) is 5.32 Å². The number of nitrogens with two attached hydrogens (primary N) is 1. The van der Waals surface area contributed by atoms with E-state index >= 15 is 0 Å². The second-order valence-corrected chi connectivity index (χ2v) is 4.46. The van der Waals surface area contributed by atoms with E-state index in [0.717, 1.165) is 5.56 Å². The van der Waals surface area contributed by atoms with Gasteiger partial charge in [0.15, 0.2) is 11.6 Å². The van der Waals surface area contributed by atoms with Gasteiger partial charge in [-0.2, -0.15) is 0 Å². The van der Waals surface area contributed by atoms with Crippen LogP contribution in [0.25, 0.3) is 0 Å². The number of anilines is 2. The highest BCUT2D eigenvalue weighted by Crippen LogP contribution is 2.24. The first-order chi connectivity index (χ1) is 9.97. The van der Waals surface area contributed by atoms with Crippen molar-refractivity contribution in [2.75, 3.05) is 17.6 Å². The molecule has 0 aliphatic heterocycles. The van der Waals surface area contributed by atoms with Crippen LogP contribution >= 0.6 is 0 Å². The standard InChI is InChI=1S/C14H13F2N3O2/c15-12-7-11(19(20)21)8-13(16)14(12)18-6-5-9-1-3-10(17)4-2-9/h1-4,7-8,18H,5-6,17H2. The third-order valence-electron chi connectivity index (χ3n) is 2.93. The highest BCUT2D eigenvalue weighted by atomic mass is 19.1. The second-order valence-electron chi connectivity index (χ2n) is 4.46. The summed E-state index contributed by atoms with van der Waals surface area (Å²) in [4.78, 5) is 9.64. The van der Waals surface area contributed by atoms with Gasteiger partial charge in [-0.3, -0.25) is 10.1 Å². The third kappa shape index (κ3) is 3.65. The molecule has 0 amide bonds. The number of nitro groups is 1. The number of nitrogen functional groups attached to an aromatic ring is 1. The van der Waals surface area contributed by atoms with Crippen LogP contribution in [0, 0.1) is 21.7 Å². The molecule has 0 aliphatic carbocycles. The Morgan fingerprint density at radius 3 is 2.24 bits per heavy atom. The summed E-state index contributed by atoms with van der Waals surface area (Å²) in [7, 11) is 0. The Labute approximate surface area is 119 Å². The molecule has 2 aromatic carbocycles.